The Morgan fingerprint density at radius 2 is 0.963 bits per heavy atom. The fourth-order valence-corrected chi connectivity index (χ4v) is 5.09. The van der Waals surface area contributed by atoms with Crippen LogP contribution in [0.5, 0.6) is 0 Å². The first-order valence-corrected chi connectivity index (χ1v) is 9.64. The SMILES string of the molecule is CC1(C)c2ccc3ccccc3c2-c2c1ccc1c2ccc2ccccc21. The van der Waals surface area contributed by atoms with Gasteiger partial charge in [0.15, 0.2) is 0 Å². The first-order chi connectivity index (χ1) is 13.2. The lowest BCUT2D eigenvalue weighted by Crippen LogP contribution is -2.14. The molecule has 0 aliphatic heterocycles. The van der Waals surface area contributed by atoms with E-state index in [0.29, 0.717) is 0 Å². The van der Waals surface area contributed by atoms with Gasteiger partial charge in [-0.05, 0) is 54.6 Å². The molecule has 0 heterocycles. The number of fused-ring (bicyclic) bond motifs is 9. The van der Waals surface area contributed by atoms with Crippen molar-refractivity contribution >= 4 is 32.3 Å². The molecule has 0 saturated carbocycles. The highest BCUT2D eigenvalue weighted by Gasteiger charge is 2.37. The molecule has 0 fully saturated rings. The third kappa shape index (κ3) is 1.83. The average Bonchev–Trinajstić information content (AvgIpc) is 2.95. The van der Waals surface area contributed by atoms with Crippen molar-refractivity contribution in [3.8, 4) is 11.1 Å². The Hall–Kier alpha value is -3.12. The lowest BCUT2D eigenvalue weighted by molar-refractivity contribution is 0.661. The van der Waals surface area contributed by atoms with Crippen LogP contribution in [0.3, 0.4) is 0 Å². The number of rotatable bonds is 0. The van der Waals surface area contributed by atoms with Gasteiger partial charge in [-0.25, -0.2) is 0 Å². The van der Waals surface area contributed by atoms with Crippen LogP contribution in [0.15, 0.2) is 84.9 Å². The van der Waals surface area contributed by atoms with Gasteiger partial charge in [0.05, 0.1) is 0 Å². The predicted molar refractivity (Wildman–Crippen MR) is 117 cm³/mol. The molecule has 27 heavy (non-hydrogen) atoms. The van der Waals surface area contributed by atoms with Crippen molar-refractivity contribution in [3.63, 3.8) is 0 Å². The van der Waals surface area contributed by atoms with E-state index in [1.807, 2.05) is 0 Å². The molecule has 0 heteroatoms. The lowest BCUT2D eigenvalue weighted by Gasteiger charge is -2.21. The molecular weight excluding hydrogens is 324 g/mol. The van der Waals surface area contributed by atoms with E-state index in [4.69, 9.17) is 0 Å². The normalized spacial score (nSPS) is 14.6. The van der Waals surface area contributed by atoms with Crippen LogP contribution in [-0.4, -0.2) is 0 Å². The van der Waals surface area contributed by atoms with E-state index in [1.54, 1.807) is 0 Å². The monoisotopic (exact) mass is 344 g/mol. The second kappa shape index (κ2) is 4.98. The van der Waals surface area contributed by atoms with Crippen LogP contribution < -0.4 is 0 Å². The molecule has 0 atom stereocenters. The molecule has 0 saturated heterocycles. The molecule has 5 aromatic rings. The van der Waals surface area contributed by atoms with Crippen molar-refractivity contribution in [2.24, 2.45) is 0 Å². The standard InChI is InChI=1S/C27H20/c1-27(2)23-15-12-18-8-4-6-10-20(18)25(23)26-22-13-11-17-7-3-5-9-19(17)21(22)14-16-24(26)27/h3-16H,1-2H3. The Kier molecular flexibility index (Phi) is 2.77. The maximum Gasteiger partial charge on any atom is 0.0159 e. The summed E-state index contributed by atoms with van der Waals surface area (Å²) in [7, 11) is 0. The minimum Gasteiger partial charge on any atom is -0.0616 e. The van der Waals surface area contributed by atoms with Crippen LogP contribution in [-0.2, 0) is 5.41 Å². The summed E-state index contributed by atoms with van der Waals surface area (Å²) < 4.78 is 0. The predicted octanol–water partition coefficient (Wildman–Crippen LogP) is 7.45. The van der Waals surface area contributed by atoms with Gasteiger partial charge in [0.1, 0.15) is 0 Å². The van der Waals surface area contributed by atoms with Crippen LogP contribution in [0.4, 0.5) is 0 Å². The fraction of sp³-hybridized carbons (Fsp3) is 0.111. The van der Waals surface area contributed by atoms with Gasteiger partial charge in [0.25, 0.3) is 0 Å². The van der Waals surface area contributed by atoms with E-state index in [9.17, 15) is 0 Å². The van der Waals surface area contributed by atoms with Crippen LogP contribution in [0.2, 0.25) is 0 Å². The highest BCUT2D eigenvalue weighted by molar-refractivity contribution is 6.17. The molecule has 0 N–H and O–H groups in total. The Morgan fingerprint density at radius 3 is 1.74 bits per heavy atom. The van der Waals surface area contributed by atoms with E-state index in [0.717, 1.165) is 0 Å². The van der Waals surface area contributed by atoms with Gasteiger partial charge >= 0.3 is 0 Å². The summed E-state index contributed by atoms with van der Waals surface area (Å²) >= 11 is 0. The number of benzene rings is 5. The molecule has 1 aliphatic rings. The fourth-order valence-electron chi connectivity index (χ4n) is 5.09. The van der Waals surface area contributed by atoms with E-state index in [2.05, 4.69) is 98.8 Å². The van der Waals surface area contributed by atoms with Gasteiger partial charge < -0.3 is 0 Å². The molecule has 5 aromatic carbocycles. The van der Waals surface area contributed by atoms with Crippen molar-refractivity contribution in [2.45, 2.75) is 19.3 Å². The van der Waals surface area contributed by atoms with Crippen molar-refractivity contribution in [3.05, 3.63) is 96.1 Å². The molecule has 0 unspecified atom stereocenters. The van der Waals surface area contributed by atoms with Crippen molar-refractivity contribution in [2.75, 3.05) is 0 Å². The maximum absolute atomic E-state index is 2.36. The number of hydrogen-bond acceptors (Lipinski definition) is 0. The molecule has 0 aromatic heterocycles. The van der Waals surface area contributed by atoms with Crippen LogP contribution in [0, 0.1) is 0 Å². The topological polar surface area (TPSA) is 0 Å². The Labute approximate surface area is 159 Å². The summed E-state index contributed by atoms with van der Waals surface area (Å²) in [6, 6.07) is 31.4. The summed E-state index contributed by atoms with van der Waals surface area (Å²) in [4.78, 5) is 0. The summed E-state index contributed by atoms with van der Waals surface area (Å²) in [5.41, 5.74) is 5.76. The largest absolute Gasteiger partial charge is 0.0616 e. The van der Waals surface area contributed by atoms with Crippen molar-refractivity contribution in [1.29, 1.82) is 0 Å². The minimum atomic E-state index is 0.0224. The first kappa shape index (κ1) is 15.0. The molecule has 0 spiro atoms. The van der Waals surface area contributed by atoms with Crippen molar-refractivity contribution < 1.29 is 0 Å². The summed E-state index contributed by atoms with van der Waals surface area (Å²) in [5.74, 6) is 0. The second-order valence-electron chi connectivity index (χ2n) is 8.20. The molecule has 6 rings (SSSR count). The molecule has 1 aliphatic carbocycles. The molecule has 0 amide bonds. The quantitative estimate of drug-likeness (QED) is 0.256. The number of hydrogen-bond donors (Lipinski definition) is 0. The van der Waals surface area contributed by atoms with E-state index >= 15 is 0 Å². The van der Waals surface area contributed by atoms with Gasteiger partial charge in [-0.3, -0.25) is 0 Å². The van der Waals surface area contributed by atoms with Crippen LogP contribution in [0.25, 0.3) is 43.4 Å². The summed E-state index contributed by atoms with van der Waals surface area (Å²) in [6.07, 6.45) is 0. The summed E-state index contributed by atoms with van der Waals surface area (Å²) in [6.45, 7) is 4.72. The first-order valence-electron chi connectivity index (χ1n) is 9.64. The Morgan fingerprint density at radius 1 is 0.444 bits per heavy atom. The third-order valence-electron chi connectivity index (χ3n) is 6.45. The Balaban J connectivity index is 1.86. The maximum atomic E-state index is 2.36. The Bertz CT molecular complexity index is 1390. The average molecular weight is 344 g/mol. The van der Waals surface area contributed by atoms with Gasteiger partial charge in [0.2, 0.25) is 0 Å². The zero-order chi connectivity index (χ0) is 18.2. The van der Waals surface area contributed by atoms with Gasteiger partial charge in [-0.1, -0.05) is 98.8 Å². The van der Waals surface area contributed by atoms with E-state index in [-0.39, 0.29) is 5.41 Å². The van der Waals surface area contributed by atoms with Gasteiger partial charge in [-0.15, -0.1) is 0 Å². The van der Waals surface area contributed by atoms with Crippen molar-refractivity contribution in [1.82, 2.24) is 0 Å². The second-order valence-corrected chi connectivity index (χ2v) is 8.20. The highest BCUT2D eigenvalue weighted by Crippen LogP contribution is 2.53. The van der Waals surface area contributed by atoms with Gasteiger partial charge in [0, 0.05) is 5.41 Å². The highest BCUT2D eigenvalue weighted by atomic mass is 14.4. The van der Waals surface area contributed by atoms with Gasteiger partial charge in [-0.2, -0.15) is 0 Å². The molecule has 128 valence electrons. The minimum absolute atomic E-state index is 0.0224. The molecule has 0 bridgehead atoms. The molecular formula is C27H20. The smallest absolute Gasteiger partial charge is 0.0159 e. The molecule has 0 radical (unpaired) electrons. The molecule has 0 nitrogen and oxygen atoms in total. The summed E-state index contributed by atoms with van der Waals surface area (Å²) in [5, 5.41) is 8.04. The van der Waals surface area contributed by atoms with E-state index < -0.39 is 0 Å². The zero-order valence-electron chi connectivity index (χ0n) is 15.6. The zero-order valence-corrected chi connectivity index (χ0v) is 15.6. The third-order valence-corrected chi connectivity index (χ3v) is 6.45. The van der Waals surface area contributed by atoms with E-state index in [1.165, 1.54) is 54.6 Å². The lowest BCUT2D eigenvalue weighted by atomic mass is 9.81. The van der Waals surface area contributed by atoms with Crippen LogP contribution >= 0.6 is 0 Å². The van der Waals surface area contributed by atoms with Crippen LogP contribution in [0.1, 0.15) is 25.0 Å².